The van der Waals surface area contributed by atoms with Crippen molar-refractivity contribution in [2.75, 3.05) is 0 Å². The summed E-state index contributed by atoms with van der Waals surface area (Å²) in [6.07, 6.45) is 0. The van der Waals surface area contributed by atoms with Crippen LogP contribution in [0.2, 0.25) is 0 Å². The van der Waals surface area contributed by atoms with Gasteiger partial charge in [0.1, 0.15) is 0 Å². The van der Waals surface area contributed by atoms with E-state index in [1.807, 2.05) is 0 Å². The van der Waals surface area contributed by atoms with Crippen molar-refractivity contribution in [1.82, 2.24) is 0 Å². The van der Waals surface area contributed by atoms with Gasteiger partial charge in [-0.1, -0.05) is 69.2 Å². The molecule has 0 heterocycles. The Balaban J connectivity index is 0.000000364. The van der Waals surface area contributed by atoms with Crippen molar-refractivity contribution in [3.63, 3.8) is 0 Å². The molecule has 0 unspecified atom stereocenters. The van der Waals surface area contributed by atoms with Gasteiger partial charge in [0.05, 0.1) is 0 Å². The Morgan fingerprint density at radius 1 is 0.429 bits per heavy atom. The molecule has 0 aliphatic carbocycles. The van der Waals surface area contributed by atoms with Crippen LogP contribution < -0.4 is 0 Å². The zero-order valence-corrected chi connectivity index (χ0v) is 17.4. The number of hydrogen-bond donors (Lipinski definition) is 0. The number of rotatable bonds is 0. The van der Waals surface area contributed by atoms with Crippen LogP contribution in [0.3, 0.4) is 0 Å². The normalized spacial score (nSPS) is 10.0. The van der Waals surface area contributed by atoms with Crippen LogP contribution in [0.4, 0.5) is 0 Å². The summed E-state index contributed by atoms with van der Waals surface area (Å²) in [6, 6.07) is 0. The molecular formula is C20H30Sc-2. The molecule has 2 rings (SSSR count). The molecule has 115 valence electrons. The fraction of sp³-hybridized carbons (Fsp3) is 0.500. The van der Waals surface area contributed by atoms with E-state index in [-0.39, 0.29) is 25.8 Å². The first-order chi connectivity index (χ1) is 9.11. The monoisotopic (exact) mass is 315 g/mol. The van der Waals surface area contributed by atoms with E-state index in [1.165, 1.54) is 55.6 Å². The van der Waals surface area contributed by atoms with Gasteiger partial charge in [0.15, 0.2) is 0 Å². The third kappa shape index (κ3) is 3.86. The zero-order valence-electron chi connectivity index (χ0n) is 15.6. The van der Waals surface area contributed by atoms with E-state index in [2.05, 4.69) is 69.2 Å². The Labute approximate surface area is 150 Å². The Kier molecular flexibility index (Phi) is 7.56. The molecule has 0 bridgehead atoms. The van der Waals surface area contributed by atoms with E-state index in [9.17, 15) is 0 Å². The minimum Gasteiger partial charge on any atom is -0.196 e. The Hall–Kier alpha value is -0.430. The molecule has 1 radical (unpaired) electrons. The van der Waals surface area contributed by atoms with Gasteiger partial charge in [-0.3, -0.25) is 0 Å². The Bertz CT molecular complexity index is 404. The van der Waals surface area contributed by atoms with E-state index < -0.39 is 0 Å². The summed E-state index contributed by atoms with van der Waals surface area (Å²) in [7, 11) is 0. The van der Waals surface area contributed by atoms with Crippen LogP contribution in [-0.2, 0) is 25.8 Å². The van der Waals surface area contributed by atoms with Crippen molar-refractivity contribution in [3.05, 3.63) is 55.6 Å². The van der Waals surface area contributed by atoms with Crippen molar-refractivity contribution >= 4 is 0 Å². The van der Waals surface area contributed by atoms with Crippen LogP contribution in [-0.4, -0.2) is 0 Å². The summed E-state index contributed by atoms with van der Waals surface area (Å²) >= 11 is 0. The average molecular weight is 315 g/mol. The van der Waals surface area contributed by atoms with E-state index in [1.54, 1.807) is 0 Å². The maximum atomic E-state index is 2.20. The molecular weight excluding hydrogens is 285 g/mol. The topological polar surface area (TPSA) is 0 Å². The second kappa shape index (κ2) is 7.72. The van der Waals surface area contributed by atoms with Gasteiger partial charge in [0.25, 0.3) is 0 Å². The van der Waals surface area contributed by atoms with Gasteiger partial charge in [-0.25, -0.2) is 0 Å². The molecule has 0 saturated heterocycles. The van der Waals surface area contributed by atoms with Gasteiger partial charge >= 0.3 is 0 Å². The fourth-order valence-electron chi connectivity index (χ4n) is 2.81. The van der Waals surface area contributed by atoms with Crippen molar-refractivity contribution < 1.29 is 25.8 Å². The van der Waals surface area contributed by atoms with Crippen molar-refractivity contribution in [2.45, 2.75) is 69.2 Å². The molecule has 0 spiro atoms. The van der Waals surface area contributed by atoms with Gasteiger partial charge in [-0.15, -0.1) is 0 Å². The second-order valence-electron chi connectivity index (χ2n) is 6.25. The third-order valence-electron chi connectivity index (χ3n) is 5.62. The van der Waals surface area contributed by atoms with Crippen LogP contribution in [0, 0.1) is 69.2 Å². The summed E-state index contributed by atoms with van der Waals surface area (Å²) in [4.78, 5) is 0. The van der Waals surface area contributed by atoms with Crippen LogP contribution in [0.5, 0.6) is 0 Å². The van der Waals surface area contributed by atoms with E-state index >= 15 is 0 Å². The molecule has 2 aromatic rings. The molecule has 0 fully saturated rings. The van der Waals surface area contributed by atoms with E-state index in [0.717, 1.165) is 0 Å². The molecule has 0 atom stereocenters. The molecule has 0 aliphatic heterocycles. The summed E-state index contributed by atoms with van der Waals surface area (Å²) < 4.78 is 0. The van der Waals surface area contributed by atoms with Crippen molar-refractivity contribution in [2.24, 2.45) is 0 Å². The van der Waals surface area contributed by atoms with Gasteiger partial charge < -0.3 is 0 Å². The molecule has 0 saturated carbocycles. The summed E-state index contributed by atoms with van der Waals surface area (Å²) in [6.45, 7) is 22.0. The molecule has 0 amide bonds. The third-order valence-corrected chi connectivity index (χ3v) is 5.62. The minimum absolute atomic E-state index is 0. The minimum atomic E-state index is 0. The molecule has 0 nitrogen and oxygen atoms in total. The van der Waals surface area contributed by atoms with E-state index in [0.29, 0.717) is 0 Å². The van der Waals surface area contributed by atoms with Gasteiger partial charge in [-0.2, -0.15) is 55.6 Å². The van der Waals surface area contributed by atoms with E-state index in [4.69, 9.17) is 0 Å². The summed E-state index contributed by atoms with van der Waals surface area (Å²) in [5.41, 5.74) is 14.7. The van der Waals surface area contributed by atoms with Crippen molar-refractivity contribution in [1.29, 1.82) is 0 Å². The molecule has 2 aromatic carbocycles. The quantitative estimate of drug-likeness (QED) is 0.531. The first kappa shape index (κ1) is 20.6. The predicted octanol–water partition coefficient (Wildman–Crippen LogP) is 5.89. The molecule has 0 N–H and O–H groups in total. The predicted molar refractivity (Wildman–Crippen MR) is 91.4 cm³/mol. The van der Waals surface area contributed by atoms with Crippen molar-refractivity contribution in [3.8, 4) is 0 Å². The van der Waals surface area contributed by atoms with Gasteiger partial charge in [0, 0.05) is 25.8 Å². The molecule has 0 aromatic heterocycles. The second-order valence-corrected chi connectivity index (χ2v) is 6.25. The SMILES string of the molecule is Cc1c(C)c(C)[c-](C)c1C.Cc1c(C)c(C)[c-](C)c1C.[Sc]. The van der Waals surface area contributed by atoms with Crippen LogP contribution in [0.15, 0.2) is 0 Å². The molecule has 21 heavy (non-hydrogen) atoms. The van der Waals surface area contributed by atoms with Crippen LogP contribution in [0.25, 0.3) is 0 Å². The Morgan fingerprint density at radius 3 is 0.619 bits per heavy atom. The Morgan fingerprint density at radius 2 is 0.571 bits per heavy atom. The van der Waals surface area contributed by atoms with Crippen LogP contribution >= 0.6 is 0 Å². The molecule has 1 heteroatoms. The van der Waals surface area contributed by atoms with Gasteiger partial charge in [-0.05, 0) is 0 Å². The maximum Gasteiger partial charge on any atom is 0 e. The smallest absolute Gasteiger partial charge is 0 e. The summed E-state index contributed by atoms with van der Waals surface area (Å²) in [5, 5.41) is 0. The largest absolute Gasteiger partial charge is 0.196 e. The average Bonchev–Trinajstić information content (AvgIpc) is 2.71. The maximum absolute atomic E-state index is 2.20. The zero-order chi connectivity index (χ0) is 15.8. The first-order valence-corrected chi connectivity index (χ1v) is 7.50. The standard InChI is InChI=1S/2C10H15.Sc/c2*1-6-7(2)9(4)10(5)8(6)3;/h2*1-5H3;/q2*-1;. The summed E-state index contributed by atoms with van der Waals surface area (Å²) in [5.74, 6) is 0. The fourth-order valence-corrected chi connectivity index (χ4v) is 2.81. The first-order valence-electron chi connectivity index (χ1n) is 7.50. The van der Waals surface area contributed by atoms with Crippen LogP contribution in [0.1, 0.15) is 55.6 Å². The number of hydrogen-bond acceptors (Lipinski definition) is 0. The van der Waals surface area contributed by atoms with Gasteiger partial charge in [0.2, 0.25) is 0 Å². The molecule has 0 aliphatic rings.